The average molecular weight is 244 g/mol. The molecule has 0 amide bonds. The molecule has 0 saturated heterocycles. The molecule has 1 heterocycles. The number of nitrogens with zero attached hydrogens (tertiary/aromatic N) is 1. The van der Waals surface area contributed by atoms with E-state index in [1.165, 1.54) is 6.07 Å². The summed E-state index contributed by atoms with van der Waals surface area (Å²) < 4.78 is 13.1. The number of hydrogen-bond acceptors (Lipinski definition) is 2. The normalized spacial score (nSPS) is 12.4. The summed E-state index contributed by atoms with van der Waals surface area (Å²) in [5, 5.41) is 3.35. The van der Waals surface area contributed by atoms with Crippen molar-refractivity contribution in [1.82, 2.24) is 10.3 Å². The SMILES string of the molecule is Cc1cccnc1CN[C@@H](C)c1cccc(F)c1. The number of aromatic nitrogens is 1. The molecule has 18 heavy (non-hydrogen) atoms. The van der Waals surface area contributed by atoms with Crippen LogP contribution in [0.1, 0.15) is 29.8 Å². The molecule has 0 spiro atoms. The molecule has 0 bridgehead atoms. The molecular formula is C15H17FN2. The second-order valence-electron chi connectivity index (χ2n) is 4.42. The topological polar surface area (TPSA) is 24.9 Å². The van der Waals surface area contributed by atoms with E-state index in [4.69, 9.17) is 0 Å². The Balaban J connectivity index is 2.00. The minimum absolute atomic E-state index is 0.0992. The van der Waals surface area contributed by atoms with Gasteiger partial charge in [-0.15, -0.1) is 0 Å². The lowest BCUT2D eigenvalue weighted by molar-refractivity contribution is 0.558. The van der Waals surface area contributed by atoms with Gasteiger partial charge in [-0.2, -0.15) is 0 Å². The monoisotopic (exact) mass is 244 g/mol. The van der Waals surface area contributed by atoms with Crippen LogP contribution in [0.25, 0.3) is 0 Å². The van der Waals surface area contributed by atoms with E-state index >= 15 is 0 Å². The maximum atomic E-state index is 13.1. The number of benzene rings is 1. The highest BCUT2D eigenvalue weighted by molar-refractivity contribution is 5.21. The molecule has 0 aliphatic heterocycles. The van der Waals surface area contributed by atoms with Crippen LogP contribution in [0.3, 0.4) is 0 Å². The van der Waals surface area contributed by atoms with Crippen LogP contribution in [-0.2, 0) is 6.54 Å². The first-order chi connectivity index (χ1) is 8.66. The van der Waals surface area contributed by atoms with Crippen molar-refractivity contribution >= 4 is 0 Å². The fraction of sp³-hybridized carbons (Fsp3) is 0.267. The molecule has 2 aromatic rings. The van der Waals surface area contributed by atoms with Crippen LogP contribution in [0.2, 0.25) is 0 Å². The summed E-state index contributed by atoms with van der Waals surface area (Å²) in [6, 6.07) is 10.7. The minimum atomic E-state index is -0.199. The molecule has 0 fully saturated rings. The fourth-order valence-electron chi connectivity index (χ4n) is 1.85. The number of halogens is 1. The molecule has 1 atom stereocenters. The Bertz CT molecular complexity index is 525. The molecule has 1 aromatic heterocycles. The maximum absolute atomic E-state index is 13.1. The van der Waals surface area contributed by atoms with Gasteiger partial charge in [0.1, 0.15) is 5.82 Å². The lowest BCUT2D eigenvalue weighted by atomic mass is 10.1. The first-order valence-electron chi connectivity index (χ1n) is 6.06. The van der Waals surface area contributed by atoms with Crippen LogP contribution in [0, 0.1) is 12.7 Å². The second kappa shape index (κ2) is 5.74. The summed E-state index contributed by atoms with van der Waals surface area (Å²) in [6.45, 7) is 4.74. The van der Waals surface area contributed by atoms with Crippen molar-refractivity contribution < 1.29 is 4.39 Å². The summed E-state index contributed by atoms with van der Waals surface area (Å²) >= 11 is 0. The van der Waals surface area contributed by atoms with Crippen LogP contribution >= 0.6 is 0 Å². The van der Waals surface area contributed by atoms with Crippen LogP contribution in [-0.4, -0.2) is 4.98 Å². The van der Waals surface area contributed by atoms with Gasteiger partial charge >= 0.3 is 0 Å². The van der Waals surface area contributed by atoms with Gasteiger partial charge in [-0.25, -0.2) is 4.39 Å². The molecule has 0 saturated carbocycles. The van der Waals surface area contributed by atoms with Crippen molar-refractivity contribution in [3.63, 3.8) is 0 Å². The molecule has 0 unspecified atom stereocenters. The average Bonchev–Trinajstić information content (AvgIpc) is 2.37. The zero-order valence-electron chi connectivity index (χ0n) is 10.7. The van der Waals surface area contributed by atoms with Crippen molar-refractivity contribution in [2.24, 2.45) is 0 Å². The van der Waals surface area contributed by atoms with Crippen LogP contribution in [0.5, 0.6) is 0 Å². The smallest absolute Gasteiger partial charge is 0.123 e. The van der Waals surface area contributed by atoms with Gasteiger partial charge in [0, 0.05) is 18.8 Å². The molecule has 2 nitrogen and oxygen atoms in total. The number of aryl methyl sites for hydroxylation is 1. The molecular weight excluding hydrogens is 227 g/mol. The van der Waals surface area contributed by atoms with Gasteiger partial charge in [-0.3, -0.25) is 4.98 Å². The highest BCUT2D eigenvalue weighted by Crippen LogP contribution is 2.14. The van der Waals surface area contributed by atoms with E-state index in [0.717, 1.165) is 16.8 Å². The zero-order valence-corrected chi connectivity index (χ0v) is 10.7. The standard InChI is InChI=1S/C15H17FN2/c1-11-5-4-8-17-15(11)10-18-12(2)13-6-3-7-14(16)9-13/h3-9,12,18H,10H2,1-2H3/t12-/m0/s1. The van der Waals surface area contributed by atoms with Gasteiger partial charge in [-0.05, 0) is 43.2 Å². The summed E-state index contributed by atoms with van der Waals surface area (Å²) in [5.74, 6) is -0.199. The number of rotatable bonds is 4. The number of pyridine rings is 1. The fourth-order valence-corrected chi connectivity index (χ4v) is 1.85. The van der Waals surface area contributed by atoms with E-state index in [2.05, 4.69) is 10.3 Å². The van der Waals surface area contributed by atoms with Crippen molar-refractivity contribution in [2.75, 3.05) is 0 Å². The predicted molar refractivity (Wildman–Crippen MR) is 70.6 cm³/mol. The Morgan fingerprint density at radius 1 is 1.28 bits per heavy atom. The molecule has 3 heteroatoms. The largest absolute Gasteiger partial charge is 0.305 e. The van der Waals surface area contributed by atoms with Gasteiger partial charge in [0.25, 0.3) is 0 Å². The minimum Gasteiger partial charge on any atom is -0.305 e. The summed E-state index contributed by atoms with van der Waals surface area (Å²) in [6.07, 6.45) is 1.79. The highest BCUT2D eigenvalue weighted by atomic mass is 19.1. The van der Waals surface area contributed by atoms with Gasteiger partial charge in [0.2, 0.25) is 0 Å². The Hall–Kier alpha value is -1.74. The van der Waals surface area contributed by atoms with Gasteiger partial charge in [0.15, 0.2) is 0 Å². The summed E-state index contributed by atoms with van der Waals surface area (Å²) in [4.78, 5) is 4.32. The first-order valence-corrected chi connectivity index (χ1v) is 6.06. The zero-order chi connectivity index (χ0) is 13.0. The van der Waals surface area contributed by atoms with Crippen molar-refractivity contribution in [1.29, 1.82) is 0 Å². The quantitative estimate of drug-likeness (QED) is 0.891. The molecule has 0 radical (unpaired) electrons. The Morgan fingerprint density at radius 2 is 2.11 bits per heavy atom. The van der Waals surface area contributed by atoms with E-state index in [0.29, 0.717) is 6.54 Å². The van der Waals surface area contributed by atoms with Crippen molar-refractivity contribution in [2.45, 2.75) is 26.4 Å². The molecule has 0 aliphatic rings. The van der Waals surface area contributed by atoms with E-state index in [1.807, 2.05) is 32.0 Å². The summed E-state index contributed by atoms with van der Waals surface area (Å²) in [5.41, 5.74) is 3.14. The Morgan fingerprint density at radius 3 is 2.83 bits per heavy atom. The third kappa shape index (κ3) is 3.14. The second-order valence-corrected chi connectivity index (χ2v) is 4.42. The molecule has 2 rings (SSSR count). The number of hydrogen-bond donors (Lipinski definition) is 1. The van der Waals surface area contributed by atoms with E-state index in [-0.39, 0.29) is 11.9 Å². The lowest BCUT2D eigenvalue weighted by Crippen LogP contribution is -2.19. The van der Waals surface area contributed by atoms with E-state index in [1.54, 1.807) is 18.3 Å². The molecule has 1 aromatic carbocycles. The third-order valence-corrected chi connectivity index (χ3v) is 3.04. The van der Waals surface area contributed by atoms with Crippen LogP contribution < -0.4 is 5.32 Å². The van der Waals surface area contributed by atoms with E-state index < -0.39 is 0 Å². The molecule has 94 valence electrons. The maximum Gasteiger partial charge on any atom is 0.123 e. The van der Waals surface area contributed by atoms with E-state index in [9.17, 15) is 4.39 Å². The predicted octanol–water partition coefficient (Wildman–Crippen LogP) is 3.38. The number of nitrogens with one attached hydrogen (secondary N) is 1. The van der Waals surface area contributed by atoms with Gasteiger partial charge in [-0.1, -0.05) is 18.2 Å². The van der Waals surface area contributed by atoms with Crippen molar-refractivity contribution in [3.05, 3.63) is 65.2 Å². The van der Waals surface area contributed by atoms with Crippen molar-refractivity contribution in [3.8, 4) is 0 Å². The van der Waals surface area contributed by atoms with Gasteiger partial charge < -0.3 is 5.32 Å². The Labute approximate surface area is 107 Å². The highest BCUT2D eigenvalue weighted by Gasteiger charge is 2.06. The lowest BCUT2D eigenvalue weighted by Gasteiger charge is -2.14. The molecule has 1 N–H and O–H groups in total. The van der Waals surface area contributed by atoms with Crippen LogP contribution in [0.15, 0.2) is 42.6 Å². The molecule has 0 aliphatic carbocycles. The third-order valence-electron chi connectivity index (χ3n) is 3.04. The summed E-state index contributed by atoms with van der Waals surface area (Å²) in [7, 11) is 0. The van der Waals surface area contributed by atoms with Gasteiger partial charge in [0.05, 0.1) is 5.69 Å². The Kier molecular flexibility index (Phi) is 4.05. The van der Waals surface area contributed by atoms with Crippen LogP contribution in [0.4, 0.5) is 4.39 Å². The first kappa shape index (κ1) is 12.7.